The first kappa shape index (κ1) is 25.9. The second kappa shape index (κ2) is 10.7. The monoisotopic (exact) mass is 504 g/mol. The molecule has 1 aromatic heterocycles. The molecule has 1 aromatic rings. The van der Waals surface area contributed by atoms with Gasteiger partial charge in [-0.1, -0.05) is 37.3 Å². The lowest BCUT2D eigenvalue weighted by molar-refractivity contribution is -0.140. The summed E-state index contributed by atoms with van der Waals surface area (Å²) in [6.45, 7) is 8.65. The van der Waals surface area contributed by atoms with Gasteiger partial charge in [0.25, 0.3) is 11.5 Å². The van der Waals surface area contributed by atoms with Crippen molar-refractivity contribution < 1.29 is 19.4 Å². The fourth-order valence-electron chi connectivity index (χ4n) is 4.26. The SMILES string of the molecule is CCCCn1c(N2CC(C)OC(C)C2)c(/C=C2/SC(=S)N(CC(=O)O)C2=O)c(C)c(C#N)c1=O. The Bertz CT molecular complexity index is 1140. The number of carbonyl (C=O) groups is 2. The summed E-state index contributed by atoms with van der Waals surface area (Å²) in [6.07, 6.45) is 3.10. The Balaban J connectivity index is 2.25. The van der Waals surface area contributed by atoms with Crippen molar-refractivity contribution in [2.75, 3.05) is 24.5 Å². The average Bonchev–Trinajstić information content (AvgIpc) is 3.01. The molecule has 0 bridgehead atoms. The zero-order valence-corrected chi connectivity index (χ0v) is 21.3. The molecular weight excluding hydrogens is 476 g/mol. The van der Waals surface area contributed by atoms with E-state index in [9.17, 15) is 19.6 Å². The number of anilines is 1. The molecule has 2 atom stereocenters. The second-order valence-electron chi connectivity index (χ2n) is 8.48. The molecule has 1 amide bonds. The van der Waals surface area contributed by atoms with Gasteiger partial charge in [-0.2, -0.15) is 5.26 Å². The number of rotatable bonds is 7. The van der Waals surface area contributed by atoms with Crippen LogP contribution in [0.25, 0.3) is 6.08 Å². The molecule has 182 valence electrons. The van der Waals surface area contributed by atoms with Crippen molar-refractivity contribution in [2.45, 2.75) is 59.3 Å². The highest BCUT2D eigenvalue weighted by Gasteiger charge is 2.35. The molecule has 2 unspecified atom stereocenters. The van der Waals surface area contributed by atoms with Crippen molar-refractivity contribution in [2.24, 2.45) is 0 Å². The van der Waals surface area contributed by atoms with Gasteiger partial charge in [-0.25, -0.2) is 0 Å². The Morgan fingerprint density at radius 2 is 1.97 bits per heavy atom. The molecule has 11 heteroatoms. The van der Waals surface area contributed by atoms with Gasteiger partial charge in [-0.15, -0.1) is 0 Å². The molecule has 2 saturated heterocycles. The molecule has 34 heavy (non-hydrogen) atoms. The van der Waals surface area contributed by atoms with Crippen LogP contribution in [0, 0.1) is 18.3 Å². The van der Waals surface area contributed by atoms with Crippen molar-refractivity contribution in [3.05, 3.63) is 31.9 Å². The van der Waals surface area contributed by atoms with Gasteiger partial charge in [0, 0.05) is 25.2 Å². The lowest BCUT2D eigenvalue weighted by Gasteiger charge is -2.39. The first-order valence-corrected chi connectivity index (χ1v) is 12.4. The zero-order chi connectivity index (χ0) is 25.2. The number of nitriles is 1. The highest BCUT2D eigenvalue weighted by atomic mass is 32.2. The third kappa shape index (κ3) is 5.19. The van der Waals surface area contributed by atoms with Crippen LogP contribution < -0.4 is 10.5 Å². The van der Waals surface area contributed by atoms with E-state index in [-0.39, 0.29) is 32.6 Å². The molecule has 9 nitrogen and oxygen atoms in total. The van der Waals surface area contributed by atoms with E-state index in [0.717, 1.165) is 29.5 Å². The Kier molecular flexibility index (Phi) is 8.17. The van der Waals surface area contributed by atoms with Crippen molar-refractivity contribution >= 4 is 52.1 Å². The van der Waals surface area contributed by atoms with E-state index in [1.54, 1.807) is 17.6 Å². The molecule has 0 radical (unpaired) electrons. The van der Waals surface area contributed by atoms with Gasteiger partial charge < -0.3 is 14.7 Å². The van der Waals surface area contributed by atoms with E-state index in [2.05, 4.69) is 4.90 Å². The lowest BCUT2D eigenvalue weighted by Crippen LogP contribution is -2.48. The molecule has 2 aliphatic rings. The highest BCUT2D eigenvalue weighted by molar-refractivity contribution is 8.26. The smallest absolute Gasteiger partial charge is 0.323 e. The number of pyridine rings is 1. The summed E-state index contributed by atoms with van der Waals surface area (Å²) in [5.74, 6) is -1.03. The Morgan fingerprint density at radius 1 is 1.32 bits per heavy atom. The van der Waals surface area contributed by atoms with E-state index in [0.29, 0.717) is 36.6 Å². The molecule has 2 aliphatic heterocycles. The standard InChI is InChI=1S/C23H28N4O5S2/c1-5-6-7-26-20(25-10-13(2)32-14(3)11-25)16(15(4)17(9-24)21(26)30)8-18-22(31)27(12-19(28)29)23(33)34-18/h8,13-14H,5-7,10-12H2,1-4H3,(H,28,29)/b18-8+. The quantitative estimate of drug-likeness (QED) is 0.442. The van der Waals surface area contributed by atoms with Crippen LogP contribution in [0.2, 0.25) is 0 Å². The number of aromatic nitrogens is 1. The number of hydrogen-bond acceptors (Lipinski definition) is 8. The molecule has 3 heterocycles. The van der Waals surface area contributed by atoms with Crippen LogP contribution >= 0.6 is 24.0 Å². The first-order chi connectivity index (χ1) is 16.1. The van der Waals surface area contributed by atoms with Crippen LogP contribution in [0.5, 0.6) is 0 Å². The molecule has 0 aromatic carbocycles. The van der Waals surface area contributed by atoms with Crippen molar-refractivity contribution in [1.82, 2.24) is 9.47 Å². The second-order valence-corrected chi connectivity index (χ2v) is 10.2. The van der Waals surface area contributed by atoms with E-state index < -0.39 is 18.4 Å². The Hall–Kier alpha value is -2.68. The van der Waals surface area contributed by atoms with Gasteiger partial charge in [0.05, 0.1) is 17.1 Å². The number of carboxylic acid groups (broad SMARTS) is 1. The number of ether oxygens (including phenoxy) is 1. The number of aliphatic carboxylic acids is 1. The summed E-state index contributed by atoms with van der Waals surface area (Å²) < 4.78 is 7.67. The normalized spacial score (nSPS) is 21.9. The number of thioether (sulfide) groups is 1. The fourth-order valence-corrected chi connectivity index (χ4v) is 5.50. The topological polar surface area (TPSA) is 116 Å². The van der Waals surface area contributed by atoms with Gasteiger partial charge in [0.1, 0.15) is 28.3 Å². The van der Waals surface area contributed by atoms with Gasteiger partial charge >= 0.3 is 5.97 Å². The van der Waals surface area contributed by atoms with Crippen LogP contribution in [-0.4, -0.2) is 62.6 Å². The van der Waals surface area contributed by atoms with Crippen LogP contribution in [0.1, 0.15) is 50.3 Å². The molecular formula is C23H28N4O5S2. The predicted molar refractivity (Wildman–Crippen MR) is 135 cm³/mol. The molecule has 0 saturated carbocycles. The third-order valence-electron chi connectivity index (χ3n) is 5.74. The number of hydrogen-bond donors (Lipinski definition) is 1. The minimum absolute atomic E-state index is 0.0291. The van der Waals surface area contributed by atoms with Gasteiger partial charge in [-0.3, -0.25) is 23.9 Å². The Labute approximate surface area is 208 Å². The summed E-state index contributed by atoms with van der Waals surface area (Å²) >= 11 is 6.25. The fraction of sp³-hybridized carbons (Fsp3) is 0.522. The number of amides is 1. The molecule has 1 N–H and O–H groups in total. The molecule has 0 aliphatic carbocycles. The first-order valence-electron chi connectivity index (χ1n) is 11.1. The minimum atomic E-state index is -1.16. The zero-order valence-electron chi connectivity index (χ0n) is 19.7. The third-order valence-corrected chi connectivity index (χ3v) is 7.12. The summed E-state index contributed by atoms with van der Waals surface area (Å²) in [5, 5.41) is 18.9. The summed E-state index contributed by atoms with van der Waals surface area (Å²) in [5.41, 5.74) is 0.738. The summed E-state index contributed by atoms with van der Waals surface area (Å²) in [7, 11) is 0. The van der Waals surface area contributed by atoms with E-state index in [1.165, 1.54) is 0 Å². The number of unbranched alkanes of at least 4 members (excludes halogenated alkanes) is 1. The number of nitrogens with zero attached hydrogens (tertiary/aromatic N) is 4. The van der Waals surface area contributed by atoms with Crippen molar-refractivity contribution in [1.29, 1.82) is 5.26 Å². The van der Waals surface area contributed by atoms with Gasteiger partial charge in [-0.05, 0) is 38.8 Å². The molecule has 0 spiro atoms. The number of thiocarbonyl (C=S) groups is 1. The van der Waals surface area contributed by atoms with Crippen LogP contribution in [0.4, 0.5) is 5.82 Å². The predicted octanol–water partition coefficient (Wildman–Crippen LogP) is 2.73. The number of carboxylic acids is 1. The average molecular weight is 505 g/mol. The maximum absolute atomic E-state index is 13.3. The lowest BCUT2D eigenvalue weighted by atomic mass is 10.0. The van der Waals surface area contributed by atoms with Gasteiger partial charge in [0.2, 0.25) is 0 Å². The molecule has 2 fully saturated rings. The van der Waals surface area contributed by atoms with Crippen molar-refractivity contribution in [3.63, 3.8) is 0 Å². The van der Waals surface area contributed by atoms with Gasteiger partial charge in [0.15, 0.2) is 0 Å². The van der Waals surface area contributed by atoms with E-state index in [1.807, 2.05) is 26.8 Å². The van der Waals surface area contributed by atoms with Crippen LogP contribution in [0.3, 0.4) is 0 Å². The minimum Gasteiger partial charge on any atom is -0.480 e. The summed E-state index contributed by atoms with van der Waals surface area (Å²) in [4.78, 5) is 40.8. The Morgan fingerprint density at radius 3 is 2.53 bits per heavy atom. The maximum atomic E-state index is 13.3. The molecule has 3 rings (SSSR count). The van der Waals surface area contributed by atoms with E-state index >= 15 is 0 Å². The number of morpholine rings is 1. The summed E-state index contributed by atoms with van der Waals surface area (Å²) in [6, 6.07) is 2.04. The van der Waals surface area contributed by atoms with Crippen LogP contribution in [0.15, 0.2) is 9.70 Å². The largest absolute Gasteiger partial charge is 0.480 e. The number of carbonyl (C=O) groups excluding carboxylic acids is 1. The van der Waals surface area contributed by atoms with Crippen LogP contribution in [-0.2, 0) is 20.9 Å². The van der Waals surface area contributed by atoms with Crippen molar-refractivity contribution in [3.8, 4) is 6.07 Å². The highest BCUT2D eigenvalue weighted by Crippen LogP contribution is 2.36. The van der Waals surface area contributed by atoms with E-state index in [4.69, 9.17) is 22.1 Å². The maximum Gasteiger partial charge on any atom is 0.323 e.